The number of ketones is 1. The maximum atomic E-state index is 12.7. The summed E-state index contributed by atoms with van der Waals surface area (Å²) >= 11 is 0. The standard InChI is InChI=1S/C17H15NO4/c1-9(19)10-3-5-11(6-4-10)18-15(20)13-12-7-8-17(2,22-12)14(13)16(18)21/h3-8,12-14H,1-2H3/t12-,13+,14-,17+/m0/s1. The summed E-state index contributed by atoms with van der Waals surface area (Å²) in [6.45, 7) is 3.33. The first kappa shape index (κ1) is 13.4. The number of carbonyl (C=O) groups excluding carboxylic acids is 3. The highest BCUT2D eigenvalue weighted by molar-refractivity contribution is 6.23. The lowest BCUT2D eigenvalue weighted by Gasteiger charge is -2.24. The molecule has 2 saturated heterocycles. The number of amides is 2. The Morgan fingerprint density at radius 2 is 1.86 bits per heavy atom. The first-order valence-corrected chi connectivity index (χ1v) is 7.28. The molecule has 0 aliphatic carbocycles. The number of hydrogen-bond donors (Lipinski definition) is 0. The Bertz CT molecular complexity index is 736. The summed E-state index contributed by atoms with van der Waals surface area (Å²) in [5, 5.41) is 0. The van der Waals surface area contributed by atoms with Crippen LogP contribution in [-0.2, 0) is 14.3 Å². The van der Waals surface area contributed by atoms with Crippen LogP contribution in [0, 0.1) is 11.8 Å². The van der Waals surface area contributed by atoms with Crippen LogP contribution in [-0.4, -0.2) is 29.3 Å². The van der Waals surface area contributed by atoms with Gasteiger partial charge in [-0.1, -0.05) is 12.2 Å². The lowest BCUT2D eigenvalue weighted by molar-refractivity contribution is -0.126. The molecule has 2 bridgehead atoms. The number of imide groups is 1. The molecule has 5 nitrogen and oxygen atoms in total. The quantitative estimate of drug-likeness (QED) is 0.474. The van der Waals surface area contributed by atoms with E-state index in [4.69, 9.17) is 4.74 Å². The molecule has 1 aromatic carbocycles. The van der Waals surface area contributed by atoms with Gasteiger partial charge < -0.3 is 4.74 Å². The van der Waals surface area contributed by atoms with E-state index in [1.807, 2.05) is 19.1 Å². The third-order valence-electron chi connectivity index (χ3n) is 4.86. The smallest absolute Gasteiger partial charge is 0.241 e. The SMILES string of the molecule is CC(=O)c1ccc(N2C(=O)[C@@H]3[C@@H]4C=C[C@@](C)(O4)[C@@H]3C2=O)cc1. The summed E-state index contributed by atoms with van der Waals surface area (Å²) < 4.78 is 5.78. The molecule has 2 fully saturated rings. The van der Waals surface area contributed by atoms with Crippen LogP contribution in [0.3, 0.4) is 0 Å². The van der Waals surface area contributed by atoms with Crippen molar-refractivity contribution in [1.29, 1.82) is 0 Å². The summed E-state index contributed by atoms with van der Waals surface area (Å²) in [7, 11) is 0. The van der Waals surface area contributed by atoms with Crippen molar-refractivity contribution in [2.24, 2.45) is 11.8 Å². The lowest BCUT2D eigenvalue weighted by atomic mass is 9.78. The van der Waals surface area contributed by atoms with E-state index in [-0.39, 0.29) is 23.7 Å². The van der Waals surface area contributed by atoms with Crippen molar-refractivity contribution in [2.75, 3.05) is 4.90 Å². The molecule has 0 spiro atoms. The van der Waals surface area contributed by atoms with E-state index in [2.05, 4.69) is 0 Å². The number of hydrogen-bond acceptors (Lipinski definition) is 4. The van der Waals surface area contributed by atoms with Crippen LogP contribution in [0.4, 0.5) is 5.69 Å². The fourth-order valence-electron chi connectivity index (χ4n) is 3.75. The summed E-state index contributed by atoms with van der Waals surface area (Å²) in [4.78, 5) is 38.0. The predicted octanol–water partition coefficient (Wildman–Crippen LogP) is 1.72. The minimum absolute atomic E-state index is 0.0503. The zero-order valence-electron chi connectivity index (χ0n) is 12.3. The third-order valence-corrected chi connectivity index (χ3v) is 4.86. The summed E-state index contributed by atoms with van der Waals surface area (Å²) in [6.07, 6.45) is 3.44. The normalized spacial score (nSPS) is 35.4. The predicted molar refractivity (Wildman–Crippen MR) is 78.3 cm³/mol. The Balaban J connectivity index is 1.71. The number of ether oxygens (including phenoxy) is 1. The fourth-order valence-corrected chi connectivity index (χ4v) is 3.75. The van der Waals surface area contributed by atoms with Gasteiger partial charge >= 0.3 is 0 Å². The summed E-state index contributed by atoms with van der Waals surface area (Å²) in [6, 6.07) is 6.56. The molecule has 5 heteroatoms. The van der Waals surface area contributed by atoms with Gasteiger partial charge in [0.1, 0.15) is 0 Å². The van der Waals surface area contributed by atoms with E-state index >= 15 is 0 Å². The Morgan fingerprint density at radius 3 is 2.45 bits per heavy atom. The van der Waals surface area contributed by atoms with Crippen molar-refractivity contribution < 1.29 is 19.1 Å². The molecule has 112 valence electrons. The minimum Gasteiger partial charge on any atom is -0.362 e. The molecule has 0 unspecified atom stereocenters. The molecule has 0 saturated carbocycles. The highest BCUT2D eigenvalue weighted by Gasteiger charge is 2.65. The topological polar surface area (TPSA) is 63.7 Å². The maximum Gasteiger partial charge on any atom is 0.241 e. The number of rotatable bonds is 2. The van der Waals surface area contributed by atoms with Gasteiger partial charge in [-0.25, -0.2) is 4.90 Å². The van der Waals surface area contributed by atoms with Gasteiger partial charge in [0.2, 0.25) is 11.8 Å². The number of Topliss-reactive ketones (excluding diaryl/α,β-unsaturated/α-hetero) is 1. The zero-order valence-corrected chi connectivity index (χ0v) is 12.3. The molecule has 4 atom stereocenters. The molecule has 3 heterocycles. The molecular formula is C17H15NO4. The highest BCUT2D eigenvalue weighted by atomic mass is 16.5. The van der Waals surface area contributed by atoms with Gasteiger partial charge in [-0.05, 0) is 38.1 Å². The Hall–Kier alpha value is -2.27. The number of nitrogens with zero attached hydrogens (tertiary/aromatic N) is 1. The van der Waals surface area contributed by atoms with Crippen molar-refractivity contribution in [3.05, 3.63) is 42.0 Å². The molecule has 2 amide bonds. The average molecular weight is 297 g/mol. The lowest BCUT2D eigenvalue weighted by Crippen LogP contribution is -2.38. The van der Waals surface area contributed by atoms with E-state index in [1.54, 1.807) is 24.3 Å². The molecule has 22 heavy (non-hydrogen) atoms. The Labute approximate surface area is 127 Å². The first-order chi connectivity index (χ1) is 10.4. The van der Waals surface area contributed by atoms with Gasteiger partial charge in [-0.2, -0.15) is 0 Å². The van der Waals surface area contributed by atoms with E-state index in [9.17, 15) is 14.4 Å². The molecule has 4 rings (SSSR count). The maximum absolute atomic E-state index is 12.7. The molecule has 1 aromatic rings. The number of anilines is 1. The number of carbonyl (C=O) groups is 3. The van der Waals surface area contributed by atoms with Crippen LogP contribution in [0.5, 0.6) is 0 Å². The largest absolute Gasteiger partial charge is 0.362 e. The van der Waals surface area contributed by atoms with E-state index in [0.29, 0.717) is 11.3 Å². The van der Waals surface area contributed by atoms with Crippen LogP contribution in [0.15, 0.2) is 36.4 Å². The van der Waals surface area contributed by atoms with Crippen molar-refractivity contribution >= 4 is 23.3 Å². The van der Waals surface area contributed by atoms with Crippen molar-refractivity contribution in [2.45, 2.75) is 25.6 Å². The second-order valence-corrected chi connectivity index (χ2v) is 6.24. The Kier molecular flexibility index (Phi) is 2.52. The van der Waals surface area contributed by atoms with Crippen molar-refractivity contribution in [3.63, 3.8) is 0 Å². The highest BCUT2D eigenvalue weighted by Crippen LogP contribution is 2.52. The third kappa shape index (κ3) is 1.54. The second-order valence-electron chi connectivity index (χ2n) is 6.24. The van der Waals surface area contributed by atoms with E-state index in [1.165, 1.54) is 11.8 Å². The summed E-state index contributed by atoms with van der Waals surface area (Å²) in [5.74, 6) is -1.38. The molecule has 3 aliphatic rings. The fraction of sp³-hybridized carbons (Fsp3) is 0.353. The molecular weight excluding hydrogens is 282 g/mol. The minimum atomic E-state index is -0.684. The van der Waals surface area contributed by atoms with Gasteiger partial charge in [0.25, 0.3) is 0 Å². The Morgan fingerprint density at radius 1 is 1.18 bits per heavy atom. The van der Waals surface area contributed by atoms with Crippen LogP contribution in [0.25, 0.3) is 0 Å². The van der Waals surface area contributed by atoms with Gasteiger partial charge in [-0.15, -0.1) is 0 Å². The van der Waals surface area contributed by atoms with Crippen LogP contribution in [0.1, 0.15) is 24.2 Å². The van der Waals surface area contributed by atoms with Crippen LogP contribution < -0.4 is 4.90 Å². The molecule has 3 aliphatic heterocycles. The zero-order chi connectivity index (χ0) is 15.6. The van der Waals surface area contributed by atoms with Gasteiger partial charge in [0.05, 0.1) is 29.2 Å². The van der Waals surface area contributed by atoms with Gasteiger partial charge in [0, 0.05) is 5.56 Å². The number of fused-ring (bicyclic) bond motifs is 5. The molecule has 0 aromatic heterocycles. The summed E-state index contributed by atoms with van der Waals surface area (Å²) in [5.41, 5.74) is 0.383. The van der Waals surface area contributed by atoms with Crippen LogP contribution >= 0.6 is 0 Å². The monoisotopic (exact) mass is 297 g/mol. The van der Waals surface area contributed by atoms with Crippen molar-refractivity contribution in [3.8, 4) is 0 Å². The number of benzene rings is 1. The molecule has 0 N–H and O–H groups in total. The van der Waals surface area contributed by atoms with E-state index in [0.717, 1.165) is 0 Å². The second kappa shape index (κ2) is 4.14. The molecule has 0 radical (unpaired) electrons. The van der Waals surface area contributed by atoms with Crippen molar-refractivity contribution in [1.82, 2.24) is 0 Å². The van der Waals surface area contributed by atoms with E-state index < -0.39 is 17.4 Å². The average Bonchev–Trinajstić information content (AvgIpc) is 3.08. The first-order valence-electron chi connectivity index (χ1n) is 7.28. The van der Waals surface area contributed by atoms with Crippen LogP contribution in [0.2, 0.25) is 0 Å². The van der Waals surface area contributed by atoms with Gasteiger partial charge in [-0.3, -0.25) is 14.4 Å². The van der Waals surface area contributed by atoms with Gasteiger partial charge in [0.15, 0.2) is 5.78 Å².